The largest absolute Gasteiger partial charge is 0.377 e. The van der Waals surface area contributed by atoms with Crippen LogP contribution in [-0.4, -0.2) is 40.1 Å². The molecule has 1 heterocycles. The number of carbonyl (C=O) groups excluding carboxylic acids is 1. The third kappa shape index (κ3) is 5.67. The maximum atomic E-state index is 12.6. The van der Waals surface area contributed by atoms with Crippen LogP contribution in [0.4, 0.5) is 0 Å². The van der Waals surface area contributed by atoms with Crippen LogP contribution in [-0.2, 0) is 14.8 Å². The second-order valence-electron chi connectivity index (χ2n) is 7.35. The summed E-state index contributed by atoms with van der Waals surface area (Å²) in [6.45, 7) is 1.49. The van der Waals surface area contributed by atoms with Gasteiger partial charge in [0.1, 0.15) is 4.90 Å². The minimum Gasteiger partial charge on any atom is -0.377 e. The van der Waals surface area contributed by atoms with Gasteiger partial charge in [-0.25, -0.2) is 13.1 Å². The molecule has 1 saturated heterocycles. The Balaban J connectivity index is 1.64. The van der Waals surface area contributed by atoms with E-state index in [2.05, 4.69) is 10.0 Å². The molecule has 1 unspecified atom stereocenters. The lowest BCUT2D eigenvalue weighted by molar-refractivity contribution is 0.0943. The summed E-state index contributed by atoms with van der Waals surface area (Å²) in [5.41, 5.74) is 0.299. The van der Waals surface area contributed by atoms with Crippen LogP contribution in [0.25, 0.3) is 0 Å². The molecule has 6 nitrogen and oxygen atoms in total. The normalized spacial score (nSPS) is 21.3. The second kappa shape index (κ2) is 9.37. The van der Waals surface area contributed by atoms with E-state index in [1.54, 1.807) is 6.07 Å². The zero-order valence-electron chi connectivity index (χ0n) is 15.4. The number of ether oxygens (including phenoxy) is 1. The number of rotatable bonds is 7. The van der Waals surface area contributed by atoms with Gasteiger partial charge in [-0.1, -0.05) is 30.9 Å². The predicted molar refractivity (Wildman–Crippen MR) is 105 cm³/mol. The molecule has 1 saturated carbocycles. The maximum Gasteiger partial charge on any atom is 0.251 e. The fraction of sp³-hybridized carbons (Fsp3) is 0.632. The highest BCUT2D eigenvalue weighted by Gasteiger charge is 2.23. The van der Waals surface area contributed by atoms with E-state index < -0.39 is 10.0 Å². The quantitative estimate of drug-likeness (QED) is 0.717. The van der Waals surface area contributed by atoms with Crippen molar-refractivity contribution in [1.29, 1.82) is 0 Å². The van der Waals surface area contributed by atoms with E-state index in [1.165, 1.54) is 31.4 Å². The zero-order valence-corrected chi connectivity index (χ0v) is 16.9. The van der Waals surface area contributed by atoms with Gasteiger partial charge in [-0.2, -0.15) is 0 Å². The van der Waals surface area contributed by atoms with E-state index >= 15 is 0 Å². The molecule has 1 atom stereocenters. The van der Waals surface area contributed by atoms with Gasteiger partial charge in [0.05, 0.1) is 11.1 Å². The lowest BCUT2D eigenvalue weighted by atomic mass is 9.89. The fourth-order valence-electron chi connectivity index (χ4n) is 3.67. The fourth-order valence-corrected chi connectivity index (χ4v) is 5.26. The van der Waals surface area contributed by atoms with Crippen molar-refractivity contribution in [3.63, 3.8) is 0 Å². The van der Waals surface area contributed by atoms with Crippen molar-refractivity contribution in [3.8, 4) is 0 Å². The highest BCUT2D eigenvalue weighted by atomic mass is 35.5. The number of benzene rings is 1. The monoisotopic (exact) mass is 414 g/mol. The minimum absolute atomic E-state index is 0.0764. The molecule has 1 aliphatic carbocycles. The summed E-state index contributed by atoms with van der Waals surface area (Å²) in [6.07, 6.45) is 7.60. The lowest BCUT2D eigenvalue weighted by Crippen LogP contribution is -2.33. The van der Waals surface area contributed by atoms with Gasteiger partial charge in [-0.15, -0.1) is 0 Å². The molecule has 0 aromatic heterocycles. The van der Waals surface area contributed by atoms with Crippen molar-refractivity contribution < 1.29 is 17.9 Å². The van der Waals surface area contributed by atoms with Crippen molar-refractivity contribution in [2.45, 2.75) is 55.9 Å². The third-order valence-corrected chi connectivity index (χ3v) is 7.19. The summed E-state index contributed by atoms with van der Waals surface area (Å²) in [4.78, 5) is 12.4. The number of nitrogens with one attached hydrogen (secondary N) is 2. The molecule has 0 spiro atoms. The van der Waals surface area contributed by atoms with Gasteiger partial charge in [-0.3, -0.25) is 4.79 Å². The van der Waals surface area contributed by atoms with Gasteiger partial charge in [0, 0.05) is 25.3 Å². The smallest absolute Gasteiger partial charge is 0.251 e. The summed E-state index contributed by atoms with van der Waals surface area (Å²) >= 11 is 6.10. The Labute approximate surface area is 166 Å². The molecule has 2 N–H and O–H groups in total. The molecular weight excluding hydrogens is 388 g/mol. The van der Waals surface area contributed by atoms with Crippen LogP contribution in [0.1, 0.15) is 55.3 Å². The van der Waals surface area contributed by atoms with Crippen LogP contribution in [0.2, 0.25) is 5.02 Å². The van der Waals surface area contributed by atoms with Crippen LogP contribution >= 0.6 is 11.6 Å². The lowest BCUT2D eigenvalue weighted by Gasteiger charge is -2.21. The van der Waals surface area contributed by atoms with Crippen molar-refractivity contribution in [1.82, 2.24) is 10.0 Å². The number of hydrogen-bond donors (Lipinski definition) is 2. The maximum absolute atomic E-state index is 12.6. The van der Waals surface area contributed by atoms with Crippen LogP contribution < -0.4 is 10.0 Å². The van der Waals surface area contributed by atoms with Crippen LogP contribution in [0.3, 0.4) is 0 Å². The number of amides is 1. The van der Waals surface area contributed by atoms with E-state index in [-0.39, 0.29) is 28.5 Å². The second-order valence-corrected chi connectivity index (χ2v) is 9.49. The molecule has 0 radical (unpaired) electrons. The van der Waals surface area contributed by atoms with Crippen molar-refractivity contribution in [2.24, 2.45) is 5.92 Å². The van der Waals surface area contributed by atoms with Crippen molar-refractivity contribution in [3.05, 3.63) is 28.8 Å². The number of halogens is 1. The molecule has 1 aliphatic heterocycles. The van der Waals surface area contributed by atoms with E-state index in [9.17, 15) is 13.2 Å². The Kier molecular flexibility index (Phi) is 7.14. The summed E-state index contributed by atoms with van der Waals surface area (Å²) in [5, 5.41) is 3.02. The molecule has 2 fully saturated rings. The molecule has 1 amide bonds. The predicted octanol–water partition coefficient (Wildman–Crippen LogP) is 3.11. The van der Waals surface area contributed by atoms with Crippen LogP contribution in [0.15, 0.2) is 23.1 Å². The topological polar surface area (TPSA) is 84.5 Å². The molecule has 27 heavy (non-hydrogen) atoms. The number of sulfonamides is 1. The minimum atomic E-state index is -3.81. The van der Waals surface area contributed by atoms with Crippen LogP contribution in [0.5, 0.6) is 0 Å². The van der Waals surface area contributed by atoms with E-state index in [0.29, 0.717) is 24.6 Å². The Morgan fingerprint density at radius 1 is 1.11 bits per heavy atom. The zero-order chi connectivity index (χ0) is 19.3. The standard InChI is InChI=1S/C19H27ClN2O4S/c20-17-9-8-15(19(23)21-12-14-5-2-1-3-6-14)11-18(17)27(24,25)22-13-16-7-4-10-26-16/h8-9,11,14,16,22H,1-7,10,12-13H2,(H,21,23). The van der Waals surface area contributed by atoms with Gasteiger partial charge in [-0.05, 0) is 49.8 Å². The Bertz CT molecular complexity index is 757. The van der Waals surface area contributed by atoms with Gasteiger partial charge >= 0.3 is 0 Å². The Hall–Kier alpha value is -1.15. The summed E-state index contributed by atoms with van der Waals surface area (Å²) < 4.78 is 33.2. The SMILES string of the molecule is O=C(NCC1CCCCC1)c1ccc(Cl)c(S(=O)(=O)NCC2CCCO2)c1. The molecule has 150 valence electrons. The van der Waals surface area contributed by atoms with Crippen LogP contribution in [0, 0.1) is 5.92 Å². The third-order valence-electron chi connectivity index (χ3n) is 5.28. The Morgan fingerprint density at radius 2 is 1.89 bits per heavy atom. The first-order valence-corrected chi connectivity index (χ1v) is 11.5. The van der Waals surface area contributed by atoms with E-state index in [0.717, 1.165) is 25.7 Å². The first-order chi connectivity index (χ1) is 13.0. The molecular formula is C19H27ClN2O4S. The number of hydrogen-bond acceptors (Lipinski definition) is 4. The average Bonchev–Trinajstić information content (AvgIpc) is 3.19. The Morgan fingerprint density at radius 3 is 2.59 bits per heavy atom. The van der Waals surface area contributed by atoms with Crippen molar-refractivity contribution >= 4 is 27.5 Å². The first-order valence-electron chi connectivity index (χ1n) is 9.65. The van der Waals surface area contributed by atoms with E-state index in [4.69, 9.17) is 16.3 Å². The van der Waals surface area contributed by atoms with Gasteiger partial charge in [0.2, 0.25) is 10.0 Å². The summed E-state index contributed by atoms with van der Waals surface area (Å²) in [6, 6.07) is 4.35. The molecule has 1 aromatic carbocycles. The number of carbonyl (C=O) groups is 1. The van der Waals surface area contributed by atoms with Crippen molar-refractivity contribution in [2.75, 3.05) is 19.7 Å². The van der Waals surface area contributed by atoms with E-state index in [1.807, 2.05) is 0 Å². The van der Waals surface area contributed by atoms with Gasteiger partial charge in [0.25, 0.3) is 5.91 Å². The van der Waals surface area contributed by atoms with Gasteiger partial charge in [0.15, 0.2) is 0 Å². The molecule has 1 aromatic rings. The molecule has 0 bridgehead atoms. The molecule has 3 rings (SSSR count). The molecule has 2 aliphatic rings. The summed E-state index contributed by atoms with van der Waals surface area (Å²) in [7, 11) is -3.81. The highest BCUT2D eigenvalue weighted by Crippen LogP contribution is 2.24. The summed E-state index contributed by atoms with van der Waals surface area (Å²) in [5.74, 6) is 0.235. The molecule has 8 heteroatoms. The first kappa shape index (κ1) is 20.6. The average molecular weight is 415 g/mol. The van der Waals surface area contributed by atoms with Gasteiger partial charge < -0.3 is 10.1 Å². The highest BCUT2D eigenvalue weighted by molar-refractivity contribution is 7.89.